The van der Waals surface area contributed by atoms with Crippen molar-refractivity contribution in [3.63, 3.8) is 0 Å². The summed E-state index contributed by atoms with van der Waals surface area (Å²) >= 11 is 9.94. The molecule has 0 bridgehead atoms. The molecule has 2 aromatic carbocycles. The van der Waals surface area contributed by atoms with Gasteiger partial charge in [0, 0.05) is 17.6 Å². The van der Waals surface area contributed by atoms with Crippen molar-refractivity contribution in [3.8, 4) is 5.75 Å². The highest BCUT2D eigenvalue weighted by atomic mass is 79.9. The Kier molecular flexibility index (Phi) is 6.30. The third-order valence-electron chi connectivity index (χ3n) is 3.79. The molecule has 2 aromatic rings. The van der Waals surface area contributed by atoms with Crippen LogP contribution in [0.25, 0.3) is 6.08 Å². The molecule has 1 saturated heterocycles. The van der Waals surface area contributed by atoms with E-state index in [-0.39, 0.29) is 30.3 Å². The molecule has 2 amide bonds. The van der Waals surface area contributed by atoms with Crippen molar-refractivity contribution in [2.45, 2.75) is 0 Å². The third-order valence-corrected chi connectivity index (χ3v) is 5.66. The standard InChI is InChI=1S/C19H15BrN2O3S2/c20-13-5-3-4-12(10-13)11-16-18(25)22(19(26)27-16)9-8-21-17(24)14-6-1-2-7-15(14)23/h1-7,10-11,23H,8-9H2,(H,21,24)/b16-11-. The van der Waals surface area contributed by atoms with Gasteiger partial charge in [-0.15, -0.1) is 0 Å². The number of carbonyl (C=O) groups is 2. The number of carbonyl (C=O) groups excluding carboxylic acids is 2. The highest BCUT2D eigenvalue weighted by molar-refractivity contribution is 9.10. The molecular formula is C19H15BrN2O3S2. The molecule has 0 aromatic heterocycles. The Morgan fingerprint density at radius 2 is 2.04 bits per heavy atom. The number of phenolic OH excluding ortho intramolecular Hbond substituents is 1. The van der Waals surface area contributed by atoms with Gasteiger partial charge in [-0.3, -0.25) is 14.5 Å². The van der Waals surface area contributed by atoms with Crippen molar-refractivity contribution in [1.29, 1.82) is 0 Å². The maximum absolute atomic E-state index is 12.6. The minimum Gasteiger partial charge on any atom is -0.507 e. The van der Waals surface area contributed by atoms with E-state index in [0.29, 0.717) is 9.23 Å². The van der Waals surface area contributed by atoms with Gasteiger partial charge in [-0.2, -0.15) is 0 Å². The van der Waals surface area contributed by atoms with Crippen molar-refractivity contribution in [2.75, 3.05) is 13.1 Å². The Hall–Kier alpha value is -2.16. The van der Waals surface area contributed by atoms with Crippen LogP contribution in [-0.2, 0) is 4.79 Å². The Balaban J connectivity index is 1.61. The van der Waals surface area contributed by atoms with Crippen molar-refractivity contribution in [3.05, 3.63) is 69.0 Å². The molecule has 0 radical (unpaired) electrons. The Labute approximate surface area is 174 Å². The maximum atomic E-state index is 12.6. The molecule has 5 nitrogen and oxygen atoms in total. The quantitative estimate of drug-likeness (QED) is 0.522. The first-order valence-electron chi connectivity index (χ1n) is 8.03. The lowest BCUT2D eigenvalue weighted by Crippen LogP contribution is -2.37. The van der Waals surface area contributed by atoms with Crippen LogP contribution < -0.4 is 5.32 Å². The van der Waals surface area contributed by atoms with Crippen LogP contribution in [0.4, 0.5) is 0 Å². The Bertz CT molecular complexity index is 946. The summed E-state index contributed by atoms with van der Waals surface area (Å²) in [5, 5.41) is 12.4. The molecule has 1 aliphatic heterocycles. The van der Waals surface area contributed by atoms with Crippen molar-refractivity contribution < 1.29 is 14.7 Å². The third kappa shape index (κ3) is 4.77. The molecule has 138 valence electrons. The average molecular weight is 463 g/mol. The Morgan fingerprint density at radius 1 is 1.26 bits per heavy atom. The number of phenols is 1. The normalized spacial score (nSPS) is 15.4. The number of hydrogen-bond acceptors (Lipinski definition) is 5. The molecule has 1 fully saturated rings. The molecule has 1 heterocycles. The summed E-state index contributed by atoms with van der Waals surface area (Å²) in [4.78, 5) is 26.7. The van der Waals surface area contributed by atoms with Gasteiger partial charge < -0.3 is 10.4 Å². The van der Waals surface area contributed by atoms with Crippen molar-refractivity contribution >= 4 is 62.1 Å². The fraction of sp³-hybridized carbons (Fsp3) is 0.105. The van der Waals surface area contributed by atoms with Crippen LogP contribution in [-0.4, -0.2) is 39.2 Å². The fourth-order valence-electron chi connectivity index (χ4n) is 2.48. The topological polar surface area (TPSA) is 69.6 Å². The highest BCUT2D eigenvalue weighted by Crippen LogP contribution is 2.32. The van der Waals surface area contributed by atoms with E-state index in [9.17, 15) is 14.7 Å². The number of thiocarbonyl (C=S) groups is 1. The van der Waals surface area contributed by atoms with Gasteiger partial charge in [0.2, 0.25) is 0 Å². The molecule has 1 aliphatic rings. The summed E-state index contributed by atoms with van der Waals surface area (Å²) in [6, 6.07) is 13.9. The minimum atomic E-state index is -0.400. The number of hydrogen-bond donors (Lipinski definition) is 2. The molecule has 0 atom stereocenters. The van der Waals surface area contributed by atoms with Gasteiger partial charge in [0.1, 0.15) is 10.1 Å². The van der Waals surface area contributed by atoms with Gasteiger partial charge in [-0.05, 0) is 35.9 Å². The first kappa shape index (κ1) is 19.6. The first-order valence-corrected chi connectivity index (χ1v) is 10.0. The lowest BCUT2D eigenvalue weighted by Gasteiger charge is -2.15. The van der Waals surface area contributed by atoms with E-state index >= 15 is 0 Å². The van der Waals surface area contributed by atoms with Gasteiger partial charge >= 0.3 is 0 Å². The SMILES string of the molecule is O=C(NCCN1C(=O)/C(=C/c2cccc(Br)c2)SC1=S)c1ccccc1O. The molecule has 2 N–H and O–H groups in total. The van der Waals surface area contributed by atoms with Gasteiger partial charge in [0.05, 0.1) is 10.5 Å². The average Bonchev–Trinajstić information content (AvgIpc) is 2.89. The van der Waals surface area contributed by atoms with Gasteiger partial charge in [-0.25, -0.2) is 0 Å². The Morgan fingerprint density at radius 3 is 2.78 bits per heavy atom. The van der Waals surface area contributed by atoms with Crippen LogP contribution in [0.3, 0.4) is 0 Å². The zero-order chi connectivity index (χ0) is 19.4. The summed E-state index contributed by atoms with van der Waals surface area (Å²) in [6.07, 6.45) is 1.80. The van der Waals surface area contributed by atoms with E-state index < -0.39 is 5.91 Å². The maximum Gasteiger partial charge on any atom is 0.266 e. The van der Waals surface area contributed by atoms with E-state index in [0.717, 1.165) is 10.0 Å². The number of halogens is 1. The lowest BCUT2D eigenvalue weighted by atomic mass is 10.2. The minimum absolute atomic E-state index is 0.0856. The summed E-state index contributed by atoms with van der Waals surface area (Å²) in [6.45, 7) is 0.490. The van der Waals surface area contributed by atoms with E-state index in [2.05, 4.69) is 21.2 Å². The van der Waals surface area contributed by atoms with Crippen molar-refractivity contribution in [2.24, 2.45) is 0 Å². The molecule has 8 heteroatoms. The number of rotatable bonds is 5. The monoisotopic (exact) mass is 462 g/mol. The van der Waals surface area contributed by atoms with Crippen molar-refractivity contribution in [1.82, 2.24) is 10.2 Å². The number of nitrogens with one attached hydrogen (secondary N) is 1. The van der Waals surface area contributed by atoms with Crippen LogP contribution in [0, 0.1) is 0 Å². The molecule has 0 spiro atoms. The largest absolute Gasteiger partial charge is 0.507 e. The molecule has 0 aliphatic carbocycles. The van der Waals surface area contributed by atoms with E-state index in [4.69, 9.17) is 12.2 Å². The molecule has 27 heavy (non-hydrogen) atoms. The number of para-hydroxylation sites is 1. The van der Waals surface area contributed by atoms with Gasteiger partial charge in [0.15, 0.2) is 0 Å². The van der Waals surface area contributed by atoms with Gasteiger partial charge in [-0.1, -0.05) is 64.2 Å². The number of amides is 2. The van der Waals surface area contributed by atoms with Crippen LogP contribution in [0.2, 0.25) is 0 Å². The summed E-state index contributed by atoms with van der Waals surface area (Å²) in [7, 11) is 0. The summed E-state index contributed by atoms with van der Waals surface area (Å²) in [5.74, 6) is -0.664. The van der Waals surface area contributed by atoms with Crippen LogP contribution in [0.15, 0.2) is 57.9 Å². The predicted molar refractivity (Wildman–Crippen MR) is 114 cm³/mol. The van der Waals surface area contributed by atoms with Crippen LogP contribution in [0.5, 0.6) is 5.75 Å². The molecule has 0 unspecified atom stereocenters. The smallest absolute Gasteiger partial charge is 0.266 e. The number of benzene rings is 2. The molecule has 3 rings (SSSR count). The molecule has 0 saturated carbocycles. The first-order chi connectivity index (χ1) is 13.0. The number of nitrogens with zero attached hydrogens (tertiary/aromatic N) is 1. The zero-order valence-corrected chi connectivity index (χ0v) is 17.2. The number of aromatic hydroxyl groups is 1. The highest BCUT2D eigenvalue weighted by Gasteiger charge is 2.31. The van der Waals surface area contributed by atoms with Gasteiger partial charge in [0.25, 0.3) is 11.8 Å². The van der Waals surface area contributed by atoms with Crippen LogP contribution >= 0.6 is 39.9 Å². The van der Waals surface area contributed by atoms with E-state index in [1.807, 2.05) is 24.3 Å². The summed E-state index contributed by atoms with van der Waals surface area (Å²) in [5.41, 5.74) is 1.09. The molecular weight excluding hydrogens is 448 g/mol. The van der Waals surface area contributed by atoms with E-state index in [1.54, 1.807) is 18.2 Å². The van der Waals surface area contributed by atoms with E-state index in [1.165, 1.54) is 28.8 Å². The fourth-order valence-corrected chi connectivity index (χ4v) is 4.21. The summed E-state index contributed by atoms with van der Waals surface area (Å²) < 4.78 is 1.39. The number of thioether (sulfide) groups is 1. The lowest BCUT2D eigenvalue weighted by molar-refractivity contribution is -0.122. The second-order valence-corrected chi connectivity index (χ2v) is 8.25. The predicted octanol–water partition coefficient (Wildman–Crippen LogP) is 3.79. The second kappa shape index (κ2) is 8.69. The van der Waals surface area contributed by atoms with Crippen LogP contribution in [0.1, 0.15) is 15.9 Å². The second-order valence-electron chi connectivity index (χ2n) is 5.66. The zero-order valence-electron chi connectivity index (χ0n) is 14.0.